The number of amides is 1. The lowest BCUT2D eigenvalue weighted by Gasteiger charge is -2.24. The molecule has 0 aromatic rings. The van der Waals surface area contributed by atoms with Crippen LogP contribution in [0.2, 0.25) is 0 Å². The highest BCUT2D eigenvalue weighted by molar-refractivity contribution is 5.90. The first-order valence-corrected chi connectivity index (χ1v) is 22.5. The Bertz CT molecular complexity index is 910. The lowest BCUT2D eigenvalue weighted by atomic mass is 9.93. The minimum absolute atomic E-state index is 0.527. The van der Waals surface area contributed by atoms with Crippen LogP contribution in [0.1, 0.15) is 208 Å². The zero-order valence-electron chi connectivity index (χ0n) is 36.4. The van der Waals surface area contributed by atoms with Gasteiger partial charge in [0, 0.05) is 19.6 Å². The Morgan fingerprint density at radius 1 is 0.623 bits per heavy atom. The predicted octanol–water partition coefficient (Wildman–Crippen LogP) is 14.9. The molecule has 0 aliphatic heterocycles. The molecule has 0 rings (SSSR count). The molecule has 0 aromatic carbocycles. The van der Waals surface area contributed by atoms with Crippen molar-refractivity contribution in [1.82, 2.24) is 10.2 Å². The van der Waals surface area contributed by atoms with Crippen LogP contribution in [0.25, 0.3) is 0 Å². The SMILES string of the molecule is CCCCC/C=C\C/C=C\CCCCCCCCC(CCCCCCCC/C=C\C/C=C\CCCCC)CN(C)CCN/C(C)=N/C(=O)OC(C)(C)C. The van der Waals surface area contributed by atoms with E-state index in [2.05, 4.69) is 84.7 Å². The minimum Gasteiger partial charge on any atom is -0.442 e. The molecule has 0 fully saturated rings. The molecule has 0 aliphatic rings. The van der Waals surface area contributed by atoms with E-state index in [1.54, 1.807) is 0 Å². The standard InChI is InChI=1S/C48H89N3O2/c1-8-10-12-14-16-18-20-22-24-26-28-30-32-34-36-38-40-46(44-51(7)43-42-49-45(3)50-47(52)53-48(4,5)6)41-39-37-35-33-31-29-27-25-23-21-19-17-15-13-11-9-2/h16-19,22-25,46H,8-15,20-21,26-44H2,1-7H3,(H,49,50,52)/b18-16-,19-17-,24-22-,25-23-. The van der Waals surface area contributed by atoms with Gasteiger partial charge in [-0.05, 0) is 118 Å². The van der Waals surface area contributed by atoms with Crippen molar-refractivity contribution in [2.75, 3.05) is 26.7 Å². The van der Waals surface area contributed by atoms with Crippen LogP contribution < -0.4 is 5.32 Å². The van der Waals surface area contributed by atoms with E-state index < -0.39 is 11.7 Å². The lowest BCUT2D eigenvalue weighted by molar-refractivity contribution is 0.0603. The molecule has 53 heavy (non-hydrogen) atoms. The molecule has 0 radical (unpaired) electrons. The van der Waals surface area contributed by atoms with E-state index in [9.17, 15) is 4.79 Å². The zero-order valence-corrected chi connectivity index (χ0v) is 36.4. The van der Waals surface area contributed by atoms with Gasteiger partial charge in [0.2, 0.25) is 0 Å². The summed E-state index contributed by atoms with van der Waals surface area (Å²) < 4.78 is 5.32. The molecule has 0 saturated heterocycles. The van der Waals surface area contributed by atoms with Crippen molar-refractivity contribution < 1.29 is 9.53 Å². The minimum atomic E-state index is -0.530. The van der Waals surface area contributed by atoms with Gasteiger partial charge in [-0.15, -0.1) is 0 Å². The Kier molecular flexibility index (Phi) is 36.6. The van der Waals surface area contributed by atoms with Crippen LogP contribution in [0.4, 0.5) is 4.79 Å². The summed E-state index contributed by atoms with van der Waals surface area (Å²) in [5.41, 5.74) is -0.527. The van der Waals surface area contributed by atoms with E-state index in [0.717, 1.165) is 38.4 Å². The fraction of sp³-hybridized carbons (Fsp3) is 0.792. The molecular formula is C48H89N3O2. The van der Waals surface area contributed by atoms with E-state index in [1.807, 2.05) is 27.7 Å². The topological polar surface area (TPSA) is 53.9 Å². The zero-order chi connectivity index (χ0) is 39.1. The normalized spacial score (nSPS) is 13.0. The Balaban J connectivity index is 4.39. The van der Waals surface area contributed by atoms with Crippen molar-refractivity contribution in [2.45, 2.75) is 214 Å². The summed E-state index contributed by atoms with van der Waals surface area (Å²) in [7, 11) is 2.24. The molecule has 308 valence electrons. The highest BCUT2D eigenvalue weighted by Gasteiger charge is 2.16. The van der Waals surface area contributed by atoms with E-state index in [0.29, 0.717) is 5.84 Å². The molecule has 5 nitrogen and oxygen atoms in total. The third-order valence-corrected chi connectivity index (χ3v) is 9.72. The van der Waals surface area contributed by atoms with E-state index >= 15 is 0 Å². The number of likely N-dealkylation sites (N-methyl/N-ethyl adjacent to an activating group) is 1. The van der Waals surface area contributed by atoms with Crippen LogP contribution in [0.5, 0.6) is 0 Å². The third kappa shape index (κ3) is 40.9. The average Bonchev–Trinajstić information content (AvgIpc) is 3.10. The molecule has 0 unspecified atom stereocenters. The van der Waals surface area contributed by atoms with Gasteiger partial charge in [0.05, 0.1) is 0 Å². The number of amidine groups is 1. The summed E-state index contributed by atoms with van der Waals surface area (Å²) in [4.78, 5) is 18.5. The fourth-order valence-corrected chi connectivity index (χ4v) is 6.59. The first-order valence-electron chi connectivity index (χ1n) is 22.5. The maximum atomic E-state index is 12.0. The van der Waals surface area contributed by atoms with Gasteiger partial charge in [0.1, 0.15) is 11.4 Å². The van der Waals surface area contributed by atoms with E-state index in [1.165, 1.54) is 154 Å². The van der Waals surface area contributed by atoms with Gasteiger partial charge in [0.25, 0.3) is 0 Å². The molecule has 0 aromatic heterocycles. The maximum absolute atomic E-state index is 12.0. The van der Waals surface area contributed by atoms with Gasteiger partial charge >= 0.3 is 6.09 Å². The van der Waals surface area contributed by atoms with E-state index in [4.69, 9.17) is 4.74 Å². The highest BCUT2D eigenvalue weighted by atomic mass is 16.6. The molecule has 0 saturated carbocycles. The molecule has 0 atom stereocenters. The second kappa shape index (κ2) is 38.1. The van der Waals surface area contributed by atoms with Crippen LogP contribution >= 0.6 is 0 Å². The van der Waals surface area contributed by atoms with Gasteiger partial charge in [-0.1, -0.05) is 152 Å². The monoisotopic (exact) mass is 740 g/mol. The molecule has 1 amide bonds. The largest absolute Gasteiger partial charge is 0.442 e. The number of unbranched alkanes of at least 4 members (excludes halogenated alkanes) is 18. The van der Waals surface area contributed by atoms with Gasteiger partial charge < -0.3 is 15.0 Å². The van der Waals surface area contributed by atoms with Crippen molar-refractivity contribution in [2.24, 2.45) is 10.9 Å². The fourth-order valence-electron chi connectivity index (χ4n) is 6.59. The van der Waals surface area contributed by atoms with Gasteiger partial charge in [-0.2, -0.15) is 4.99 Å². The second-order valence-corrected chi connectivity index (χ2v) is 16.5. The number of carbonyl (C=O) groups is 1. The van der Waals surface area contributed by atoms with Crippen LogP contribution in [0.3, 0.4) is 0 Å². The number of rotatable bonds is 35. The summed E-state index contributed by atoms with van der Waals surface area (Å²) in [6, 6.07) is 0. The third-order valence-electron chi connectivity index (χ3n) is 9.72. The second-order valence-electron chi connectivity index (χ2n) is 16.5. The number of carbonyl (C=O) groups excluding carboxylic acids is 1. The summed E-state index contributed by atoms with van der Waals surface area (Å²) in [5, 5.41) is 3.30. The Morgan fingerprint density at radius 3 is 1.43 bits per heavy atom. The van der Waals surface area contributed by atoms with Crippen LogP contribution in [0.15, 0.2) is 53.6 Å². The number of nitrogens with one attached hydrogen (secondary N) is 1. The Labute approximate surface area is 331 Å². The van der Waals surface area contributed by atoms with Crippen molar-refractivity contribution in [1.29, 1.82) is 0 Å². The van der Waals surface area contributed by atoms with Crippen LogP contribution in [-0.4, -0.2) is 49.1 Å². The van der Waals surface area contributed by atoms with Crippen molar-refractivity contribution in [3.05, 3.63) is 48.6 Å². The van der Waals surface area contributed by atoms with Crippen molar-refractivity contribution in [3.8, 4) is 0 Å². The number of nitrogens with zero attached hydrogens (tertiary/aromatic N) is 2. The average molecular weight is 740 g/mol. The number of aliphatic imine (C=N–C) groups is 1. The summed E-state index contributed by atoms with van der Waals surface area (Å²) >= 11 is 0. The first-order chi connectivity index (χ1) is 25.7. The quantitative estimate of drug-likeness (QED) is 0.0304. The lowest BCUT2D eigenvalue weighted by Crippen LogP contribution is -2.35. The van der Waals surface area contributed by atoms with Gasteiger partial charge in [0.15, 0.2) is 0 Å². The molecular weight excluding hydrogens is 651 g/mol. The molecule has 0 heterocycles. The Morgan fingerprint density at radius 2 is 1.02 bits per heavy atom. The number of hydrogen-bond donors (Lipinski definition) is 1. The summed E-state index contributed by atoms with van der Waals surface area (Å²) in [6.07, 6.45) is 52.4. The van der Waals surface area contributed by atoms with Crippen LogP contribution in [0, 0.1) is 5.92 Å². The molecule has 0 aliphatic carbocycles. The summed E-state index contributed by atoms with van der Waals surface area (Å²) in [5.74, 6) is 1.38. The number of hydrogen-bond acceptors (Lipinski definition) is 3. The van der Waals surface area contributed by atoms with Crippen LogP contribution in [-0.2, 0) is 4.74 Å². The highest BCUT2D eigenvalue weighted by Crippen LogP contribution is 2.21. The molecule has 5 heteroatoms. The van der Waals surface area contributed by atoms with Gasteiger partial charge in [-0.25, -0.2) is 4.79 Å². The maximum Gasteiger partial charge on any atom is 0.435 e. The van der Waals surface area contributed by atoms with Crippen molar-refractivity contribution in [3.63, 3.8) is 0 Å². The first kappa shape index (κ1) is 50.9. The smallest absolute Gasteiger partial charge is 0.435 e. The van der Waals surface area contributed by atoms with E-state index in [-0.39, 0.29) is 0 Å². The molecule has 0 bridgehead atoms. The van der Waals surface area contributed by atoms with Gasteiger partial charge in [-0.3, -0.25) is 0 Å². The molecule has 1 N–H and O–H groups in total. The summed E-state index contributed by atoms with van der Waals surface area (Å²) in [6.45, 7) is 14.8. The molecule has 0 spiro atoms. The number of ether oxygens (including phenoxy) is 1. The Hall–Kier alpha value is -2.14. The number of allylic oxidation sites excluding steroid dienone is 8. The predicted molar refractivity (Wildman–Crippen MR) is 236 cm³/mol. The van der Waals surface area contributed by atoms with Crippen molar-refractivity contribution >= 4 is 11.9 Å².